The van der Waals surface area contributed by atoms with Gasteiger partial charge in [-0.15, -0.1) is 0 Å². The highest BCUT2D eigenvalue weighted by Crippen LogP contribution is 2.23. The molecule has 2 amide bonds. The van der Waals surface area contributed by atoms with Gasteiger partial charge in [0, 0.05) is 16.3 Å². The van der Waals surface area contributed by atoms with Gasteiger partial charge in [0.25, 0.3) is 11.8 Å². The van der Waals surface area contributed by atoms with Crippen LogP contribution < -0.4 is 10.6 Å². The number of rotatable bonds is 5. The van der Waals surface area contributed by atoms with Crippen LogP contribution >= 0.6 is 11.6 Å². The second-order valence-corrected chi connectivity index (χ2v) is 7.32. The highest BCUT2D eigenvalue weighted by Gasteiger charge is 2.22. The summed E-state index contributed by atoms with van der Waals surface area (Å²) in [6, 6.07) is 23.3. The zero-order chi connectivity index (χ0) is 21.8. The van der Waals surface area contributed by atoms with Crippen LogP contribution in [0.3, 0.4) is 0 Å². The molecule has 0 saturated carbocycles. The first-order valence-corrected chi connectivity index (χ1v) is 9.98. The molecular formula is C24H19ClN4O2. The summed E-state index contributed by atoms with van der Waals surface area (Å²) in [6.07, 6.45) is 1.44. The molecule has 0 bridgehead atoms. The highest BCUT2D eigenvalue weighted by molar-refractivity contribution is 6.30. The minimum Gasteiger partial charge on any atom is -0.322 e. The van der Waals surface area contributed by atoms with Gasteiger partial charge in [0.2, 0.25) is 0 Å². The average Bonchev–Trinajstić information content (AvgIpc) is 3.20. The Balaban J connectivity index is 1.71. The van der Waals surface area contributed by atoms with Gasteiger partial charge in [-0.05, 0) is 55.0 Å². The second kappa shape index (κ2) is 8.85. The molecule has 0 unspecified atom stereocenters. The summed E-state index contributed by atoms with van der Waals surface area (Å²) in [6.45, 7) is 1.86. The van der Waals surface area contributed by atoms with Crippen molar-refractivity contribution < 1.29 is 9.59 Å². The Kier molecular flexibility index (Phi) is 5.82. The van der Waals surface area contributed by atoms with Gasteiger partial charge < -0.3 is 10.6 Å². The van der Waals surface area contributed by atoms with E-state index in [0.29, 0.717) is 22.0 Å². The average molecular weight is 431 g/mol. The number of aryl methyl sites for hydroxylation is 1. The van der Waals surface area contributed by atoms with Gasteiger partial charge in [-0.3, -0.25) is 9.59 Å². The lowest BCUT2D eigenvalue weighted by atomic mass is 10.1. The van der Waals surface area contributed by atoms with E-state index < -0.39 is 5.91 Å². The van der Waals surface area contributed by atoms with Crippen LogP contribution in [0.1, 0.15) is 26.3 Å². The summed E-state index contributed by atoms with van der Waals surface area (Å²) in [5.41, 5.74) is 2.89. The number of carbonyl (C=O) groups excluding carboxylic acids is 2. The molecule has 2 N–H and O–H groups in total. The summed E-state index contributed by atoms with van der Waals surface area (Å²) in [5, 5.41) is 10.6. The van der Waals surface area contributed by atoms with Gasteiger partial charge >= 0.3 is 0 Å². The van der Waals surface area contributed by atoms with Gasteiger partial charge in [-0.1, -0.05) is 48.0 Å². The maximum Gasteiger partial charge on any atom is 0.261 e. The molecule has 31 heavy (non-hydrogen) atoms. The molecule has 0 aliphatic carbocycles. The van der Waals surface area contributed by atoms with Crippen molar-refractivity contribution in [2.24, 2.45) is 0 Å². The van der Waals surface area contributed by atoms with Crippen molar-refractivity contribution in [1.82, 2.24) is 9.78 Å². The number of anilines is 2. The summed E-state index contributed by atoms with van der Waals surface area (Å²) in [4.78, 5) is 26.0. The first-order valence-electron chi connectivity index (χ1n) is 9.60. The molecule has 7 heteroatoms. The highest BCUT2D eigenvalue weighted by atomic mass is 35.5. The van der Waals surface area contributed by atoms with E-state index in [1.165, 1.54) is 10.9 Å². The number of hydrogen-bond donors (Lipinski definition) is 2. The van der Waals surface area contributed by atoms with Crippen molar-refractivity contribution >= 4 is 34.9 Å². The summed E-state index contributed by atoms with van der Waals surface area (Å²) in [7, 11) is 0. The molecule has 4 aromatic rings. The lowest BCUT2D eigenvalue weighted by Gasteiger charge is -2.12. The van der Waals surface area contributed by atoms with Gasteiger partial charge in [0.15, 0.2) is 0 Å². The van der Waals surface area contributed by atoms with Gasteiger partial charge in [0.05, 0.1) is 11.9 Å². The summed E-state index contributed by atoms with van der Waals surface area (Å²) in [5.74, 6) is -0.438. The van der Waals surface area contributed by atoms with E-state index in [1.54, 1.807) is 36.4 Å². The zero-order valence-corrected chi connectivity index (χ0v) is 17.4. The van der Waals surface area contributed by atoms with Crippen molar-refractivity contribution in [3.8, 4) is 5.69 Å². The molecule has 0 aliphatic rings. The number of nitrogens with one attached hydrogen (secondary N) is 2. The Labute approximate surface area is 184 Å². The molecule has 0 atom stereocenters. The summed E-state index contributed by atoms with van der Waals surface area (Å²) >= 11 is 5.92. The first-order chi connectivity index (χ1) is 15.0. The fourth-order valence-electron chi connectivity index (χ4n) is 3.13. The van der Waals surface area contributed by atoms with Crippen LogP contribution in [0.25, 0.3) is 5.69 Å². The van der Waals surface area contributed by atoms with Crippen molar-refractivity contribution in [1.29, 1.82) is 0 Å². The maximum atomic E-state index is 13.0. The number of halogens is 1. The SMILES string of the molecule is Cc1ccccc1C(=O)Nc1c(C(=O)Nc2ccc(Cl)cc2)cnn1-c1ccccc1. The van der Waals surface area contributed by atoms with Crippen LogP contribution in [0.2, 0.25) is 5.02 Å². The van der Waals surface area contributed by atoms with Crippen LogP contribution in [-0.2, 0) is 0 Å². The van der Waals surface area contributed by atoms with E-state index >= 15 is 0 Å². The minimum absolute atomic E-state index is 0.237. The molecule has 154 valence electrons. The maximum absolute atomic E-state index is 13.0. The standard InChI is InChI=1S/C24H19ClN4O2/c1-16-7-5-6-10-20(16)23(30)28-22-21(15-26-29(22)19-8-3-2-4-9-19)24(31)27-18-13-11-17(25)12-14-18/h2-15H,1H3,(H,27,31)(H,28,30). The van der Waals surface area contributed by atoms with Gasteiger partial charge in [-0.2, -0.15) is 5.10 Å². The van der Waals surface area contributed by atoms with Crippen LogP contribution in [0.15, 0.2) is 85.1 Å². The molecule has 0 radical (unpaired) electrons. The van der Waals surface area contributed by atoms with E-state index in [4.69, 9.17) is 11.6 Å². The quantitative estimate of drug-likeness (QED) is 0.448. The largest absolute Gasteiger partial charge is 0.322 e. The summed E-state index contributed by atoms with van der Waals surface area (Å²) < 4.78 is 1.53. The van der Waals surface area contributed by atoms with E-state index in [1.807, 2.05) is 49.4 Å². The van der Waals surface area contributed by atoms with Crippen LogP contribution in [-0.4, -0.2) is 21.6 Å². The van der Waals surface area contributed by atoms with Crippen molar-refractivity contribution in [2.75, 3.05) is 10.6 Å². The molecule has 3 aromatic carbocycles. The predicted molar refractivity (Wildman–Crippen MR) is 122 cm³/mol. The number of nitrogens with zero attached hydrogens (tertiary/aromatic N) is 2. The number of amides is 2. The van der Waals surface area contributed by atoms with Crippen LogP contribution in [0.5, 0.6) is 0 Å². The van der Waals surface area contributed by atoms with Crippen LogP contribution in [0, 0.1) is 6.92 Å². The third kappa shape index (κ3) is 4.49. The smallest absolute Gasteiger partial charge is 0.261 e. The second-order valence-electron chi connectivity index (χ2n) is 6.88. The van der Waals surface area contributed by atoms with E-state index in [9.17, 15) is 9.59 Å². The Bertz CT molecular complexity index is 1230. The first kappa shape index (κ1) is 20.4. The normalized spacial score (nSPS) is 10.5. The van der Waals surface area contributed by atoms with Gasteiger partial charge in [-0.25, -0.2) is 4.68 Å². The molecule has 1 aromatic heterocycles. The lowest BCUT2D eigenvalue weighted by Crippen LogP contribution is -2.20. The molecule has 0 fully saturated rings. The minimum atomic E-state index is -0.399. The van der Waals surface area contributed by atoms with Crippen LogP contribution in [0.4, 0.5) is 11.5 Å². The number of benzene rings is 3. The molecule has 0 saturated heterocycles. The predicted octanol–water partition coefficient (Wildman–Crippen LogP) is 5.34. The molecule has 0 spiro atoms. The van der Waals surface area contributed by atoms with Crippen molar-refractivity contribution in [3.05, 3.63) is 107 Å². The monoisotopic (exact) mass is 430 g/mol. The lowest BCUT2D eigenvalue weighted by molar-refractivity contribution is 0.102. The van der Waals surface area contributed by atoms with Crippen molar-refractivity contribution in [3.63, 3.8) is 0 Å². The Morgan fingerprint density at radius 1 is 0.806 bits per heavy atom. The van der Waals surface area contributed by atoms with Gasteiger partial charge in [0.1, 0.15) is 11.4 Å². The zero-order valence-electron chi connectivity index (χ0n) is 16.7. The van der Waals surface area contributed by atoms with E-state index in [-0.39, 0.29) is 17.3 Å². The topological polar surface area (TPSA) is 76.0 Å². The molecule has 6 nitrogen and oxygen atoms in total. The number of carbonyl (C=O) groups is 2. The molecular weight excluding hydrogens is 412 g/mol. The third-order valence-electron chi connectivity index (χ3n) is 4.74. The fourth-order valence-corrected chi connectivity index (χ4v) is 3.26. The van der Waals surface area contributed by atoms with E-state index in [0.717, 1.165) is 5.56 Å². The Hall–Kier alpha value is -3.90. The number of aromatic nitrogens is 2. The number of hydrogen-bond acceptors (Lipinski definition) is 3. The number of para-hydroxylation sites is 1. The molecule has 1 heterocycles. The third-order valence-corrected chi connectivity index (χ3v) is 4.99. The fraction of sp³-hybridized carbons (Fsp3) is 0.0417. The van der Waals surface area contributed by atoms with Crippen molar-refractivity contribution in [2.45, 2.75) is 6.92 Å². The Morgan fingerprint density at radius 3 is 2.16 bits per heavy atom. The molecule has 4 rings (SSSR count). The molecule has 0 aliphatic heterocycles. The van der Waals surface area contributed by atoms with E-state index in [2.05, 4.69) is 15.7 Å². The Morgan fingerprint density at radius 2 is 1.45 bits per heavy atom.